The van der Waals surface area contributed by atoms with Gasteiger partial charge < -0.3 is 19.5 Å². The number of carbonyl (C=O) groups excluding carboxylic acids is 2. The minimum atomic E-state index is -0.610. The second-order valence-corrected chi connectivity index (χ2v) is 14.7. The van der Waals surface area contributed by atoms with Crippen molar-refractivity contribution >= 4 is 17.7 Å². The lowest BCUT2D eigenvalue weighted by molar-refractivity contribution is -0.119. The van der Waals surface area contributed by atoms with E-state index < -0.39 is 11.5 Å². The molecule has 0 radical (unpaired) electrons. The van der Waals surface area contributed by atoms with Crippen LogP contribution in [0.5, 0.6) is 0 Å². The molecule has 218 valence electrons. The minimum Gasteiger partial charge on any atom is -0.444 e. The van der Waals surface area contributed by atoms with Gasteiger partial charge in [-0.05, 0) is 89.7 Å². The summed E-state index contributed by atoms with van der Waals surface area (Å²) in [4.78, 5) is 28.6. The van der Waals surface area contributed by atoms with Gasteiger partial charge in [-0.2, -0.15) is 0 Å². The van der Waals surface area contributed by atoms with Gasteiger partial charge in [-0.1, -0.05) is 38.5 Å². The van der Waals surface area contributed by atoms with Gasteiger partial charge in [0, 0.05) is 30.7 Å². The summed E-state index contributed by atoms with van der Waals surface area (Å²) in [5.41, 5.74) is 2.69. The Morgan fingerprint density at radius 2 is 1.68 bits per heavy atom. The summed E-state index contributed by atoms with van der Waals surface area (Å²) >= 11 is 0. The van der Waals surface area contributed by atoms with E-state index in [-0.39, 0.29) is 17.9 Å². The molecule has 8 nitrogen and oxygen atoms in total. The number of hydrogen-bond donors (Lipinski definition) is 1. The zero-order valence-corrected chi connectivity index (χ0v) is 25.6. The fourth-order valence-corrected chi connectivity index (χ4v) is 6.52. The first-order valence-electron chi connectivity index (χ1n) is 15.0. The molecule has 1 saturated heterocycles. The summed E-state index contributed by atoms with van der Waals surface area (Å²) in [5, 5.41) is 12.7. The van der Waals surface area contributed by atoms with Crippen molar-refractivity contribution in [2.45, 2.75) is 111 Å². The van der Waals surface area contributed by atoms with E-state index in [0.29, 0.717) is 30.5 Å². The predicted octanol–water partition coefficient (Wildman–Crippen LogP) is 6.75. The first kappa shape index (κ1) is 28.6. The molecule has 40 heavy (non-hydrogen) atoms. The lowest BCUT2D eigenvalue weighted by Crippen LogP contribution is -2.36. The van der Waals surface area contributed by atoms with Crippen molar-refractivity contribution in [1.29, 1.82) is 0 Å². The summed E-state index contributed by atoms with van der Waals surface area (Å²) in [6.45, 7) is 17.3. The Morgan fingerprint density at radius 1 is 1.00 bits per heavy atom. The van der Waals surface area contributed by atoms with Crippen molar-refractivity contribution in [2.75, 3.05) is 18.4 Å². The van der Waals surface area contributed by atoms with Gasteiger partial charge in [-0.15, -0.1) is 10.2 Å². The van der Waals surface area contributed by atoms with Crippen LogP contribution in [-0.2, 0) is 9.53 Å². The van der Waals surface area contributed by atoms with Crippen molar-refractivity contribution in [2.24, 2.45) is 17.3 Å². The van der Waals surface area contributed by atoms with Crippen LogP contribution in [0.15, 0.2) is 18.2 Å². The first-order valence-corrected chi connectivity index (χ1v) is 15.0. The molecule has 2 amide bonds. The lowest BCUT2D eigenvalue weighted by atomic mass is 9.68. The van der Waals surface area contributed by atoms with Gasteiger partial charge in [-0.25, -0.2) is 4.79 Å². The fourth-order valence-electron chi connectivity index (χ4n) is 6.52. The monoisotopic (exact) mass is 549 g/mol. The van der Waals surface area contributed by atoms with Gasteiger partial charge in [0.05, 0.1) is 11.8 Å². The topological polar surface area (TPSA) is 89.3 Å². The van der Waals surface area contributed by atoms with Gasteiger partial charge in [-0.3, -0.25) is 4.79 Å². The van der Waals surface area contributed by atoms with Gasteiger partial charge in [0.2, 0.25) is 5.91 Å². The molecule has 8 heteroatoms. The Bertz CT molecular complexity index is 1260. The Morgan fingerprint density at radius 3 is 2.27 bits per heavy atom. The van der Waals surface area contributed by atoms with E-state index in [1.54, 1.807) is 4.90 Å². The van der Waals surface area contributed by atoms with Crippen molar-refractivity contribution in [3.05, 3.63) is 41.0 Å². The van der Waals surface area contributed by atoms with E-state index in [0.717, 1.165) is 60.1 Å². The second kappa shape index (κ2) is 10.5. The van der Waals surface area contributed by atoms with Crippen LogP contribution in [0.2, 0.25) is 0 Å². The van der Waals surface area contributed by atoms with E-state index in [1.165, 1.54) is 6.42 Å². The largest absolute Gasteiger partial charge is 0.444 e. The standard InChI is InChI=1S/C32H47N5O3/c1-19-9-12-26(20(2)13-19)33-29(38)25-18-36(30(39)40-32(6,7)8)17-24(25)28-35-34-27(37(28)23-10-11-23)22-14-21(15-22)16-31(3,4)5/h9,12-13,21-25H,10-11,14-18H2,1-8H3,(H,33,38)/t21?,22?,24-,25-/m0/s1. The second-order valence-electron chi connectivity index (χ2n) is 14.7. The van der Waals surface area contributed by atoms with Crippen LogP contribution in [-0.4, -0.2) is 50.4 Å². The molecule has 0 unspecified atom stereocenters. The maximum absolute atomic E-state index is 13.8. The van der Waals surface area contributed by atoms with Crippen LogP contribution in [0.3, 0.4) is 0 Å². The molecule has 0 bridgehead atoms. The molecule has 3 fully saturated rings. The van der Waals surface area contributed by atoms with Gasteiger partial charge in [0.25, 0.3) is 0 Å². The number of hydrogen-bond acceptors (Lipinski definition) is 5. The number of rotatable bonds is 6. The average molecular weight is 550 g/mol. The van der Waals surface area contributed by atoms with Crippen LogP contribution in [0.1, 0.15) is 114 Å². The number of amides is 2. The normalized spacial score (nSPS) is 25.1. The number of carbonyl (C=O) groups is 2. The van der Waals surface area contributed by atoms with Crippen molar-refractivity contribution < 1.29 is 14.3 Å². The van der Waals surface area contributed by atoms with Crippen LogP contribution < -0.4 is 5.32 Å². The number of benzene rings is 1. The highest BCUT2D eigenvalue weighted by Crippen LogP contribution is 2.49. The maximum atomic E-state index is 13.8. The molecule has 0 spiro atoms. The molecule has 1 aromatic carbocycles. The van der Waals surface area contributed by atoms with Crippen molar-refractivity contribution in [3.8, 4) is 0 Å². The number of anilines is 1. The van der Waals surface area contributed by atoms with Crippen LogP contribution in [0.25, 0.3) is 0 Å². The van der Waals surface area contributed by atoms with Gasteiger partial charge in [0.1, 0.15) is 17.2 Å². The number of nitrogens with one attached hydrogen (secondary N) is 1. The van der Waals surface area contributed by atoms with E-state index in [4.69, 9.17) is 14.9 Å². The molecular weight excluding hydrogens is 502 g/mol. The van der Waals surface area contributed by atoms with E-state index in [9.17, 15) is 9.59 Å². The fraction of sp³-hybridized carbons (Fsp3) is 0.688. The van der Waals surface area contributed by atoms with Crippen LogP contribution in [0, 0.1) is 31.1 Å². The Balaban J connectivity index is 1.41. The zero-order chi connectivity index (χ0) is 29.0. The number of aryl methyl sites for hydroxylation is 2. The van der Waals surface area contributed by atoms with Gasteiger partial charge in [0.15, 0.2) is 0 Å². The molecule has 1 N–H and O–H groups in total. The Kier molecular flexibility index (Phi) is 7.51. The summed E-state index contributed by atoms with van der Waals surface area (Å²) in [6.07, 6.45) is 5.35. The molecule has 1 aliphatic heterocycles. The molecule has 5 rings (SSSR count). The third-order valence-electron chi connectivity index (χ3n) is 8.44. The molecule has 2 atom stereocenters. The lowest BCUT2D eigenvalue weighted by Gasteiger charge is -2.38. The molecule has 2 aromatic rings. The molecule has 3 aliphatic rings. The average Bonchev–Trinajstić information content (AvgIpc) is 3.39. The number of aromatic nitrogens is 3. The van der Waals surface area contributed by atoms with Crippen molar-refractivity contribution in [3.63, 3.8) is 0 Å². The minimum absolute atomic E-state index is 0.0937. The third kappa shape index (κ3) is 6.36. The first-order chi connectivity index (χ1) is 18.7. The zero-order valence-electron chi connectivity index (χ0n) is 25.6. The highest BCUT2D eigenvalue weighted by Gasteiger charge is 2.47. The smallest absolute Gasteiger partial charge is 0.410 e. The highest BCUT2D eigenvalue weighted by atomic mass is 16.6. The molecule has 1 aromatic heterocycles. The quantitative estimate of drug-likeness (QED) is 0.431. The van der Waals surface area contributed by atoms with E-state index in [1.807, 2.05) is 46.8 Å². The molecule has 2 saturated carbocycles. The molecule has 2 aliphatic carbocycles. The summed E-state index contributed by atoms with van der Waals surface area (Å²) < 4.78 is 8.05. The number of ether oxygens (including phenoxy) is 1. The molecule has 2 heterocycles. The SMILES string of the molecule is Cc1ccc(NC(=O)[C@H]2CN(C(=O)OC(C)(C)C)C[C@@H]2c2nnc(C3CC(CC(C)(C)C)C3)n2C2CC2)c(C)c1. The Hall–Kier alpha value is -2.90. The highest BCUT2D eigenvalue weighted by molar-refractivity contribution is 5.94. The van der Waals surface area contributed by atoms with E-state index in [2.05, 4.69) is 36.7 Å². The van der Waals surface area contributed by atoms with E-state index >= 15 is 0 Å². The van der Waals surface area contributed by atoms with Gasteiger partial charge >= 0.3 is 6.09 Å². The third-order valence-corrected chi connectivity index (χ3v) is 8.44. The maximum Gasteiger partial charge on any atom is 0.410 e. The van der Waals surface area contributed by atoms with Crippen LogP contribution in [0.4, 0.5) is 10.5 Å². The summed E-state index contributed by atoms with van der Waals surface area (Å²) in [5.74, 6) is 2.28. The summed E-state index contributed by atoms with van der Waals surface area (Å²) in [7, 11) is 0. The number of likely N-dealkylation sites (tertiary alicyclic amines) is 1. The predicted molar refractivity (Wildman–Crippen MR) is 156 cm³/mol. The summed E-state index contributed by atoms with van der Waals surface area (Å²) in [6, 6.07) is 6.41. The Labute approximate surface area is 239 Å². The molecular formula is C32H47N5O3. The number of nitrogens with zero attached hydrogens (tertiary/aromatic N) is 4. The van der Waals surface area contributed by atoms with Crippen molar-refractivity contribution in [1.82, 2.24) is 19.7 Å². The van der Waals surface area contributed by atoms with Crippen LogP contribution >= 0.6 is 0 Å².